The molecule has 0 aromatic rings. The standard InChI is InChI=1S/C12H26O.C4H10O3/c1-5-9-11(7-3)13-12(8-4)10-6-2;5-1-3-7-4-2-6/h11-12H,5-10H2,1-4H3;5-6H,1-4H2. The Kier molecular flexibility index (Phi) is 20.8. The van der Waals surface area contributed by atoms with Crippen molar-refractivity contribution in [3.63, 3.8) is 0 Å². The maximum atomic E-state index is 8.09. The van der Waals surface area contributed by atoms with E-state index in [0.717, 1.165) is 12.8 Å². The first-order valence-electron chi connectivity index (χ1n) is 8.14. The third-order valence-electron chi connectivity index (χ3n) is 2.99. The lowest BCUT2D eigenvalue weighted by molar-refractivity contribution is -0.0241. The number of hydrogen-bond acceptors (Lipinski definition) is 4. The summed E-state index contributed by atoms with van der Waals surface area (Å²) in [6, 6.07) is 0. The zero-order valence-electron chi connectivity index (χ0n) is 13.9. The fourth-order valence-corrected chi connectivity index (χ4v) is 1.88. The van der Waals surface area contributed by atoms with Crippen molar-refractivity contribution in [3.8, 4) is 0 Å². The van der Waals surface area contributed by atoms with Crippen molar-refractivity contribution in [2.45, 2.75) is 78.4 Å². The van der Waals surface area contributed by atoms with E-state index in [4.69, 9.17) is 14.9 Å². The van der Waals surface area contributed by atoms with Gasteiger partial charge in [-0.25, -0.2) is 0 Å². The summed E-state index contributed by atoms with van der Waals surface area (Å²) < 4.78 is 10.7. The molecule has 0 amide bonds. The van der Waals surface area contributed by atoms with Crippen molar-refractivity contribution >= 4 is 0 Å². The first-order chi connectivity index (χ1) is 9.69. The average molecular weight is 292 g/mol. The van der Waals surface area contributed by atoms with E-state index in [0.29, 0.717) is 25.4 Å². The van der Waals surface area contributed by atoms with E-state index in [1.54, 1.807) is 0 Å². The van der Waals surface area contributed by atoms with Gasteiger partial charge in [0.05, 0.1) is 38.6 Å². The Morgan fingerprint density at radius 1 is 0.750 bits per heavy atom. The summed E-state index contributed by atoms with van der Waals surface area (Å²) in [7, 11) is 0. The van der Waals surface area contributed by atoms with E-state index in [1.807, 2.05) is 0 Å². The molecule has 124 valence electrons. The Labute approximate surface area is 125 Å². The Bertz CT molecular complexity index is 149. The topological polar surface area (TPSA) is 58.9 Å². The van der Waals surface area contributed by atoms with Gasteiger partial charge in [0.1, 0.15) is 0 Å². The second kappa shape index (κ2) is 18.8. The van der Waals surface area contributed by atoms with E-state index in [1.165, 1.54) is 25.7 Å². The number of rotatable bonds is 12. The molecule has 0 rings (SSSR count). The van der Waals surface area contributed by atoms with Crippen LogP contribution in [0.4, 0.5) is 0 Å². The molecule has 0 saturated carbocycles. The van der Waals surface area contributed by atoms with Crippen molar-refractivity contribution in [1.82, 2.24) is 0 Å². The van der Waals surface area contributed by atoms with Gasteiger partial charge in [0, 0.05) is 0 Å². The van der Waals surface area contributed by atoms with Crippen LogP contribution in [0, 0.1) is 0 Å². The molecule has 0 fully saturated rings. The third kappa shape index (κ3) is 15.9. The van der Waals surface area contributed by atoms with Crippen molar-refractivity contribution in [1.29, 1.82) is 0 Å². The highest BCUT2D eigenvalue weighted by Gasteiger charge is 2.11. The molecule has 0 aliphatic rings. The van der Waals surface area contributed by atoms with Gasteiger partial charge >= 0.3 is 0 Å². The molecule has 0 spiro atoms. The Morgan fingerprint density at radius 3 is 1.40 bits per heavy atom. The molecule has 0 aromatic carbocycles. The molecule has 4 heteroatoms. The van der Waals surface area contributed by atoms with Crippen LogP contribution in [0.3, 0.4) is 0 Å². The first-order valence-corrected chi connectivity index (χ1v) is 8.14. The minimum atomic E-state index is 0.0278. The van der Waals surface area contributed by atoms with Crippen LogP contribution in [0.5, 0.6) is 0 Å². The van der Waals surface area contributed by atoms with Gasteiger partial charge < -0.3 is 19.7 Å². The summed E-state index contributed by atoms with van der Waals surface area (Å²) in [4.78, 5) is 0. The molecule has 2 N–H and O–H groups in total. The van der Waals surface area contributed by atoms with E-state index < -0.39 is 0 Å². The molecule has 0 saturated heterocycles. The van der Waals surface area contributed by atoms with Crippen LogP contribution in [0.15, 0.2) is 0 Å². The van der Waals surface area contributed by atoms with Crippen LogP contribution in [-0.4, -0.2) is 48.8 Å². The SMILES string of the molecule is CCCC(CC)OC(CC)CCC.OCCOCCO. The fraction of sp³-hybridized carbons (Fsp3) is 1.00. The average Bonchev–Trinajstić information content (AvgIpc) is 2.47. The zero-order chi connectivity index (χ0) is 15.6. The van der Waals surface area contributed by atoms with E-state index in [-0.39, 0.29) is 13.2 Å². The number of aliphatic hydroxyl groups is 2. The zero-order valence-corrected chi connectivity index (χ0v) is 13.9. The molecule has 0 heterocycles. The number of hydrogen-bond donors (Lipinski definition) is 2. The van der Waals surface area contributed by atoms with Gasteiger partial charge in [-0.1, -0.05) is 40.5 Å². The highest BCUT2D eigenvalue weighted by molar-refractivity contribution is 4.60. The quantitative estimate of drug-likeness (QED) is 0.543. The van der Waals surface area contributed by atoms with Crippen LogP contribution in [-0.2, 0) is 9.47 Å². The predicted octanol–water partition coefficient (Wildman–Crippen LogP) is 3.15. The molecular weight excluding hydrogens is 256 g/mol. The summed E-state index contributed by atoms with van der Waals surface area (Å²) in [6.45, 7) is 9.60. The van der Waals surface area contributed by atoms with Crippen molar-refractivity contribution in [3.05, 3.63) is 0 Å². The lowest BCUT2D eigenvalue weighted by atomic mass is 10.1. The molecule has 0 aliphatic heterocycles. The van der Waals surface area contributed by atoms with Crippen LogP contribution in [0.25, 0.3) is 0 Å². The van der Waals surface area contributed by atoms with Gasteiger partial charge in [-0.15, -0.1) is 0 Å². The summed E-state index contributed by atoms with van der Waals surface area (Å²) in [5.41, 5.74) is 0. The lowest BCUT2D eigenvalue weighted by Gasteiger charge is -2.22. The van der Waals surface area contributed by atoms with Crippen LogP contribution >= 0.6 is 0 Å². The summed E-state index contributed by atoms with van der Waals surface area (Å²) in [6.07, 6.45) is 8.24. The predicted molar refractivity (Wildman–Crippen MR) is 84.0 cm³/mol. The maximum Gasteiger partial charge on any atom is 0.0698 e. The minimum absolute atomic E-state index is 0.0278. The second-order valence-corrected chi connectivity index (χ2v) is 4.83. The monoisotopic (exact) mass is 292 g/mol. The minimum Gasteiger partial charge on any atom is -0.394 e. The molecule has 2 unspecified atom stereocenters. The molecule has 0 bridgehead atoms. The highest BCUT2D eigenvalue weighted by Crippen LogP contribution is 2.14. The smallest absolute Gasteiger partial charge is 0.0698 e. The van der Waals surface area contributed by atoms with E-state index >= 15 is 0 Å². The van der Waals surface area contributed by atoms with Crippen molar-refractivity contribution in [2.75, 3.05) is 26.4 Å². The normalized spacial score (nSPS) is 13.5. The first kappa shape index (κ1) is 22.1. The van der Waals surface area contributed by atoms with Gasteiger partial charge in [-0.05, 0) is 25.7 Å². The Hall–Kier alpha value is -0.160. The van der Waals surface area contributed by atoms with Gasteiger partial charge in [0.2, 0.25) is 0 Å². The van der Waals surface area contributed by atoms with E-state index in [2.05, 4.69) is 32.4 Å². The summed E-state index contributed by atoms with van der Waals surface area (Å²) in [5.74, 6) is 0. The summed E-state index contributed by atoms with van der Waals surface area (Å²) in [5, 5.41) is 16.2. The fourth-order valence-electron chi connectivity index (χ4n) is 1.88. The maximum absolute atomic E-state index is 8.09. The molecular formula is C16H36O4. The largest absolute Gasteiger partial charge is 0.394 e. The molecule has 0 aromatic heterocycles. The van der Waals surface area contributed by atoms with Crippen molar-refractivity contribution in [2.24, 2.45) is 0 Å². The Balaban J connectivity index is 0. The summed E-state index contributed by atoms with van der Waals surface area (Å²) >= 11 is 0. The Morgan fingerprint density at radius 2 is 1.15 bits per heavy atom. The van der Waals surface area contributed by atoms with Crippen LogP contribution in [0.2, 0.25) is 0 Å². The van der Waals surface area contributed by atoms with Crippen molar-refractivity contribution < 1.29 is 19.7 Å². The molecule has 2 atom stereocenters. The second-order valence-electron chi connectivity index (χ2n) is 4.83. The lowest BCUT2D eigenvalue weighted by Crippen LogP contribution is -2.21. The van der Waals surface area contributed by atoms with Crippen LogP contribution in [0.1, 0.15) is 66.2 Å². The highest BCUT2D eigenvalue weighted by atomic mass is 16.5. The van der Waals surface area contributed by atoms with Gasteiger partial charge in [-0.3, -0.25) is 0 Å². The molecule has 0 aliphatic carbocycles. The molecule has 0 radical (unpaired) electrons. The van der Waals surface area contributed by atoms with Gasteiger partial charge in [0.15, 0.2) is 0 Å². The van der Waals surface area contributed by atoms with Crippen LogP contribution < -0.4 is 0 Å². The van der Waals surface area contributed by atoms with Gasteiger partial charge in [0.25, 0.3) is 0 Å². The van der Waals surface area contributed by atoms with E-state index in [9.17, 15) is 0 Å². The number of aliphatic hydroxyl groups excluding tert-OH is 2. The molecule has 20 heavy (non-hydrogen) atoms. The third-order valence-corrected chi connectivity index (χ3v) is 2.99. The number of ether oxygens (including phenoxy) is 2. The molecule has 4 nitrogen and oxygen atoms in total. The van der Waals surface area contributed by atoms with Gasteiger partial charge in [-0.2, -0.15) is 0 Å².